The summed E-state index contributed by atoms with van der Waals surface area (Å²) in [7, 11) is 0. The zero-order chi connectivity index (χ0) is 32.0. The van der Waals surface area contributed by atoms with Crippen molar-refractivity contribution in [3.8, 4) is 11.3 Å². The van der Waals surface area contributed by atoms with E-state index in [2.05, 4.69) is 23.6 Å². The van der Waals surface area contributed by atoms with Crippen molar-refractivity contribution in [2.45, 2.75) is 31.2 Å². The second kappa shape index (κ2) is 13.7. The molecule has 1 atom stereocenters. The Morgan fingerprint density at radius 1 is 0.870 bits per heavy atom. The molecule has 3 amide bonds. The number of para-hydroxylation sites is 1. The highest BCUT2D eigenvalue weighted by Crippen LogP contribution is 2.33. The molecule has 0 bridgehead atoms. The topological polar surface area (TPSA) is 91.7 Å². The number of nitrogens with zero attached hydrogens (tertiary/aromatic N) is 1. The van der Waals surface area contributed by atoms with E-state index in [0.29, 0.717) is 28.5 Å². The Kier molecular flexibility index (Phi) is 9.17. The molecule has 8 heteroatoms. The van der Waals surface area contributed by atoms with Gasteiger partial charge in [-0.3, -0.25) is 14.4 Å². The molecule has 0 radical (unpaired) electrons. The molecule has 5 aromatic rings. The number of thioether (sulfide) groups is 1. The number of amides is 3. The molecule has 230 valence electrons. The van der Waals surface area contributed by atoms with E-state index in [9.17, 15) is 14.4 Å². The second-order valence-corrected chi connectivity index (χ2v) is 12.2. The van der Waals surface area contributed by atoms with Crippen LogP contribution in [-0.4, -0.2) is 29.5 Å². The number of hydrogen-bond acceptors (Lipinski definition) is 5. The van der Waals surface area contributed by atoms with Crippen LogP contribution in [0.1, 0.15) is 34.2 Å². The molecule has 0 saturated heterocycles. The summed E-state index contributed by atoms with van der Waals surface area (Å²) in [6.07, 6.45) is 2.37. The summed E-state index contributed by atoms with van der Waals surface area (Å²) in [5.74, 6) is 0.507. The first-order valence-corrected chi connectivity index (χ1v) is 16.0. The van der Waals surface area contributed by atoms with Crippen molar-refractivity contribution >= 4 is 46.9 Å². The highest BCUT2D eigenvalue weighted by atomic mass is 32.2. The van der Waals surface area contributed by atoms with Crippen molar-refractivity contribution < 1.29 is 18.8 Å². The van der Waals surface area contributed by atoms with Crippen LogP contribution in [0.4, 0.5) is 11.4 Å². The van der Waals surface area contributed by atoms with Crippen molar-refractivity contribution in [2.24, 2.45) is 0 Å². The summed E-state index contributed by atoms with van der Waals surface area (Å²) in [5.41, 5.74) is 5.22. The van der Waals surface area contributed by atoms with Crippen LogP contribution in [0.5, 0.6) is 0 Å². The quantitative estimate of drug-likeness (QED) is 0.129. The molecule has 0 spiro atoms. The standard InChI is InChI=1S/C38H33N3O4S/c1-25-12-14-27(15-13-25)35-21-18-31(45-35)23-33(40-37(43)28-8-4-3-5-9-28)38(44)39-30-16-19-32(20-17-30)46-24-36(42)41-26(2)22-29-10-6-7-11-34(29)41/h3-21,23,26H,22,24H2,1-2H3,(H,39,44)(H,40,43)/b33-23-/t26-/m0/s1. The summed E-state index contributed by atoms with van der Waals surface area (Å²) in [5, 5.41) is 5.61. The minimum Gasteiger partial charge on any atom is -0.457 e. The number of hydrogen-bond donors (Lipinski definition) is 2. The van der Waals surface area contributed by atoms with E-state index in [-0.39, 0.29) is 17.6 Å². The Hall–Kier alpha value is -5.34. The molecule has 0 saturated carbocycles. The second-order valence-electron chi connectivity index (χ2n) is 11.2. The van der Waals surface area contributed by atoms with Gasteiger partial charge in [0.1, 0.15) is 17.2 Å². The number of anilines is 2. The Bertz CT molecular complexity index is 1900. The van der Waals surface area contributed by atoms with Crippen molar-refractivity contribution in [1.82, 2.24) is 5.32 Å². The number of rotatable bonds is 9. The molecule has 1 aliphatic rings. The molecule has 2 N–H and O–H groups in total. The van der Waals surface area contributed by atoms with Crippen molar-refractivity contribution in [3.63, 3.8) is 0 Å². The number of furan rings is 1. The van der Waals surface area contributed by atoms with Gasteiger partial charge in [-0.05, 0) is 80.4 Å². The molecule has 6 rings (SSSR count). The Morgan fingerprint density at radius 2 is 1.59 bits per heavy atom. The van der Waals surface area contributed by atoms with Gasteiger partial charge in [0, 0.05) is 39.5 Å². The highest BCUT2D eigenvalue weighted by Gasteiger charge is 2.30. The van der Waals surface area contributed by atoms with Gasteiger partial charge in [-0.2, -0.15) is 0 Å². The highest BCUT2D eigenvalue weighted by molar-refractivity contribution is 8.00. The Morgan fingerprint density at radius 3 is 2.35 bits per heavy atom. The van der Waals surface area contributed by atoms with E-state index in [1.54, 1.807) is 42.5 Å². The summed E-state index contributed by atoms with van der Waals surface area (Å²) in [6, 6.07) is 35.7. The number of carbonyl (C=O) groups excluding carboxylic acids is 3. The Labute approximate surface area is 272 Å². The predicted molar refractivity (Wildman–Crippen MR) is 184 cm³/mol. The van der Waals surface area contributed by atoms with Crippen LogP contribution in [0, 0.1) is 6.92 Å². The van der Waals surface area contributed by atoms with Gasteiger partial charge < -0.3 is 20.0 Å². The number of benzene rings is 4. The van der Waals surface area contributed by atoms with Gasteiger partial charge in [-0.1, -0.05) is 66.2 Å². The molecular formula is C38H33N3O4S. The van der Waals surface area contributed by atoms with E-state index < -0.39 is 11.8 Å². The lowest BCUT2D eigenvalue weighted by Gasteiger charge is -2.22. The van der Waals surface area contributed by atoms with Crippen molar-refractivity contribution in [3.05, 3.63) is 143 Å². The maximum Gasteiger partial charge on any atom is 0.272 e. The first-order chi connectivity index (χ1) is 22.3. The normalized spacial score (nSPS) is 14.1. The fourth-order valence-electron chi connectivity index (χ4n) is 5.38. The summed E-state index contributed by atoms with van der Waals surface area (Å²) < 4.78 is 6.01. The molecule has 4 aromatic carbocycles. The summed E-state index contributed by atoms with van der Waals surface area (Å²) in [6.45, 7) is 4.09. The molecular weight excluding hydrogens is 595 g/mol. The minimum atomic E-state index is -0.505. The monoisotopic (exact) mass is 627 g/mol. The number of carbonyl (C=O) groups is 3. The zero-order valence-electron chi connectivity index (χ0n) is 25.5. The largest absolute Gasteiger partial charge is 0.457 e. The van der Waals surface area contributed by atoms with Crippen LogP contribution < -0.4 is 15.5 Å². The lowest BCUT2D eigenvalue weighted by Crippen LogP contribution is -2.36. The molecule has 1 aromatic heterocycles. The number of nitrogens with one attached hydrogen (secondary N) is 2. The lowest BCUT2D eigenvalue weighted by molar-refractivity contribution is -0.116. The van der Waals surface area contributed by atoms with Gasteiger partial charge in [0.05, 0.1) is 5.75 Å². The third kappa shape index (κ3) is 7.14. The average Bonchev–Trinajstić information content (AvgIpc) is 3.68. The fourth-order valence-corrected chi connectivity index (χ4v) is 6.14. The maximum absolute atomic E-state index is 13.5. The maximum atomic E-state index is 13.5. The average molecular weight is 628 g/mol. The third-order valence-electron chi connectivity index (χ3n) is 7.73. The van der Waals surface area contributed by atoms with Gasteiger partial charge in [0.25, 0.3) is 11.8 Å². The van der Waals surface area contributed by atoms with Crippen LogP contribution in [0.2, 0.25) is 0 Å². The smallest absolute Gasteiger partial charge is 0.272 e. The van der Waals surface area contributed by atoms with E-state index >= 15 is 0 Å². The molecule has 1 aliphatic heterocycles. The van der Waals surface area contributed by atoms with Gasteiger partial charge in [-0.15, -0.1) is 11.8 Å². The molecule has 46 heavy (non-hydrogen) atoms. The fraction of sp³-hybridized carbons (Fsp3) is 0.132. The predicted octanol–water partition coefficient (Wildman–Crippen LogP) is 7.73. The third-order valence-corrected chi connectivity index (χ3v) is 8.73. The molecule has 0 fully saturated rings. The van der Waals surface area contributed by atoms with Gasteiger partial charge in [0.15, 0.2) is 0 Å². The SMILES string of the molecule is Cc1ccc(-c2ccc(/C=C(\NC(=O)c3ccccc3)C(=O)Nc3ccc(SCC(=O)N4c5ccccc5C[C@@H]4C)cc3)o2)cc1. The van der Waals surface area contributed by atoms with Crippen LogP contribution >= 0.6 is 11.8 Å². The molecule has 7 nitrogen and oxygen atoms in total. The van der Waals surface area contributed by atoms with E-state index in [0.717, 1.165) is 28.1 Å². The summed E-state index contributed by atoms with van der Waals surface area (Å²) >= 11 is 1.45. The van der Waals surface area contributed by atoms with E-state index in [4.69, 9.17) is 4.42 Å². The molecule has 2 heterocycles. The minimum absolute atomic E-state index is 0.0303. The van der Waals surface area contributed by atoms with Gasteiger partial charge in [0.2, 0.25) is 5.91 Å². The number of aryl methyl sites for hydroxylation is 1. The van der Waals surface area contributed by atoms with Crippen molar-refractivity contribution in [1.29, 1.82) is 0 Å². The van der Waals surface area contributed by atoms with E-state index in [1.807, 2.05) is 78.6 Å². The Balaban J connectivity index is 1.14. The van der Waals surface area contributed by atoms with Crippen LogP contribution in [0.25, 0.3) is 17.4 Å². The van der Waals surface area contributed by atoms with Gasteiger partial charge in [-0.25, -0.2) is 0 Å². The van der Waals surface area contributed by atoms with Crippen LogP contribution in [0.15, 0.2) is 130 Å². The van der Waals surface area contributed by atoms with Crippen LogP contribution in [0.3, 0.4) is 0 Å². The first kappa shape index (κ1) is 30.7. The zero-order valence-corrected chi connectivity index (χ0v) is 26.3. The van der Waals surface area contributed by atoms with Crippen LogP contribution in [-0.2, 0) is 16.0 Å². The lowest BCUT2D eigenvalue weighted by atomic mass is 10.1. The number of fused-ring (bicyclic) bond motifs is 1. The van der Waals surface area contributed by atoms with Gasteiger partial charge >= 0.3 is 0 Å². The van der Waals surface area contributed by atoms with Crippen molar-refractivity contribution in [2.75, 3.05) is 16.0 Å². The first-order valence-electron chi connectivity index (χ1n) is 15.0. The molecule has 0 aliphatic carbocycles. The van der Waals surface area contributed by atoms with E-state index in [1.165, 1.54) is 23.4 Å². The molecule has 0 unspecified atom stereocenters. The summed E-state index contributed by atoms with van der Waals surface area (Å²) in [4.78, 5) is 42.4.